The lowest BCUT2D eigenvalue weighted by Crippen LogP contribution is -2.20. The van der Waals surface area contributed by atoms with Crippen LogP contribution >= 0.6 is 0 Å². The summed E-state index contributed by atoms with van der Waals surface area (Å²) in [5.74, 6) is 1.17. The minimum absolute atomic E-state index is 0.467. The molecule has 80 valence electrons. The summed E-state index contributed by atoms with van der Waals surface area (Å²) in [5.41, 5.74) is -0.941. The van der Waals surface area contributed by atoms with Crippen LogP contribution < -0.4 is 0 Å². The van der Waals surface area contributed by atoms with Gasteiger partial charge < -0.3 is 0 Å². The Hall–Kier alpha value is -0.0700. The first-order valence-electron chi connectivity index (χ1n) is 5.52. The monoisotopic (exact) mass is 188 g/mol. The fraction of sp³-hybridized carbons (Fsp3) is 1.00. The van der Waals surface area contributed by atoms with Crippen LogP contribution in [0.3, 0.4) is 0 Å². The van der Waals surface area contributed by atoms with E-state index < -0.39 is 5.67 Å². The average molecular weight is 188 g/mol. The third kappa shape index (κ3) is 8.27. The van der Waals surface area contributed by atoms with Gasteiger partial charge in [0.2, 0.25) is 0 Å². The predicted molar refractivity (Wildman–Crippen MR) is 57.7 cm³/mol. The van der Waals surface area contributed by atoms with Gasteiger partial charge in [-0.2, -0.15) is 0 Å². The molecule has 0 amide bonds. The summed E-state index contributed by atoms with van der Waals surface area (Å²) in [7, 11) is 0. The lowest BCUT2D eigenvalue weighted by molar-refractivity contribution is 0.135. The Labute approximate surface area is 82.9 Å². The van der Waals surface area contributed by atoms with Crippen LogP contribution in [0.5, 0.6) is 0 Å². The lowest BCUT2D eigenvalue weighted by atomic mass is 9.90. The van der Waals surface area contributed by atoms with E-state index in [9.17, 15) is 4.39 Å². The Morgan fingerprint density at radius 2 is 1.62 bits per heavy atom. The molecule has 0 aliphatic heterocycles. The number of rotatable bonds is 6. The van der Waals surface area contributed by atoms with Gasteiger partial charge in [0.15, 0.2) is 0 Å². The van der Waals surface area contributed by atoms with Crippen LogP contribution in [0.2, 0.25) is 0 Å². The Morgan fingerprint density at radius 3 is 2.00 bits per heavy atom. The van der Waals surface area contributed by atoms with Crippen molar-refractivity contribution < 1.29 is 4.39 Å². The largest absolute Gasteiger partial charge is 0.244 e. The van der Waals surface area contributed by atoms with Crippen LogP contribution in [0.15, 0.2) is 0 Å². The summed E-state index contributed by atoms with van der Waals surface area (Å²) >= 11 is 0. The van der Waals surface area contributed by atoms with Gasteiger partial charge in [0, 0.05) is 0 Å². The summed E-state index contributed by atoms with van der Waals surface area (Å²) in [4.78, 5) is 0. The van der Waals surface area contributed by atoms with E-state index in [0.29, 0.717) is 18.3 Å². The topological polar surface area (TPSA) is 0 Å². The number of alkyl halides is 1. The van der Waals surface area contributed by atoms with Crippen molar-refractivity contribution in [2.45, 2.75) is 66.0 Å². The Balaban J connectivity index is 3.62. The highest BCUT2D eigenvalue weighted by atomic mass is 19.1. The molecule has 0 nitrogen and oxygen atoms in total. The quantitative estimate of drug-likeness (QED) is 0.572. The maximum absolute atomic E-state index is 13.8. The molecule has 0 aromatic heterocycles. The zero-order valence-electron chi connectivity index (χ0n) is 9.86. The van der Waals surface area contributed by atoms with Crippen LogP contribution in [0.25, 0.3) is 0 Å². The fourth-order valence-electron chi connectivity index (χ4n) is 1.83. The van der Waals surface area contributed by atoms with Gasteiger partial charge in [0.25, 0.3) is 0 Å². The van der Waals surface area contributed by atoms with Crippen LogP contribution in [-0.4, -0.2) is 5.67 Å². The first-order chi connectivity index (χ1) is 5.83. The number of hydrogen-bond acceptors (Lipinski definition) is 0. The molecule has 0 heterocycles. The minimum atomic E-state index is -0.941. The van der Waals surface area contributed by atoms with Gasteiger partial charge in [-0.25, -0.2) is 4.39 Å². The van der Waals surface area contributed by atoms with Crippen molar-refractivity contribution in [3.05, 3.63) is 0 Å². The molecule has 0 aliphatic carbocycles. The van der Waals surface area contributed by atoms with Crippen LogP contribution in [-0.2, 0) is 0 Å². The van der Waals surface area contributed by atoms with Crippen molar-refractivity contribution >= 4 is 0 Å². The third-order valence-corrected chi connectivity index (χ3v) is 2.31. The molecule has 0 aromatic carbocycles. The second-order valence-electron chi connectivity index (χ2n) is 5.30. The summed E-state index contributed by atoms with van der Waals surface area (Å²) in [5, 5.41) is 0. The normalized spacial score (nSPS) is 16.6. The number of hydrogen-bond donors (Lipinski definition) is 0. The molecule has 1 heteroatoms. The van der Waals surface area contributed by atoms with Crippen molar-refractivity contribution in [1.82, 2.24) is 0 Å². The average Bonchev–Trinajstić information content (AvgIpc) is 1.81. The Kier molecular flexibility index (Phi) is 5.59. The summed E-state index contributed by atoms with van der Waals surface area (Å²) < 4.78 is 13.8. The standard InChI is InChI=1S/C12H25F/c1-10(2)7-6-8-12(5,13)9-11(3)4/h10-11H,6-9H2,1-5H3. The van der Waals surface area contributed by atoms with Crippen molar-refractivity contribution in [3.8, 4) is 0 Å². The molecule has 0 rings (SSSR count). The molecule has 13 heavy (non-hydrogen) atoms. The summed E-state index contributed by atoms with van der Waals surface area (Å²) in [6.45, 7) is 10.3. The van der Waals surface area contributed by atoms with Crippen molar-refractivity contribution in [2.75, 3.05) is 0 Å². The maximum atomic E-state index is 13.8. The molecule has 0 aromatic rings. The summed E-state index contributed by atoms with van der Waals surface area (Å²) in [6.07, 6.45) is 3.60. The second kappa shape index (κ2) is 5.62. The molecule has 1 unspecified atom stereocenters. The smallest absolute Gasteiger partial charge is 0.108 e. The van der Waals surface area contributed by atoms with Gasteiger partial charge in [-0.15, -0.1) is 0 Å². The lowest BCUT2D eigenvalue weighted by Gasteiger charge is -2.22. The molecular formula is C12H25F. The third-order valence-electron chi connectivity index (χ3n) is 2.31. The minimum Gasteiger partial charge on any atom is -0.244 e. The maximum Gasteiger partial charge on any atom is 0.108 e. The Bertz CT molecular complexity index is 125. The molecule has 0 radical (unpaired) electrons. The fourth-order valence-corrected chi connectivity index (χ4v) is 1.83. The van der Waals surface area contributed by atoms with Crippen molar-refractivity contribution in [3.63, 3.8) is 0 Å². The molecular weight excluding hydrogens is 163 g/mol. The van der Waals surface area contributed by atoms with Crippen LogP contribution in [0, 0.1) is 11.8 Å². The van der Waals surface area contributed by atoms with E-state index in [-0.39, 0.29) is 0 Å². The van der Waals surface area contributed by atoms with E-state index in [2.05, 4.69) is 27.7 Å². The molecule has 0 spiro atoms. The van der Waals surface area contributed by atoms with Crippen LogP contribution in [0.1, 0.15) is 60.3 Å². The molecule has 0 N–H and O–H groups in total. The highest BCUT2D eigenvalue weighted by Gasteiger charge is 2.23. The van der Waals surface area contributed by atoms with E-state index in [1.165, 1.54) is 0 Å². The van der Waals surface area contributed by atoms with Gasteiger partial charge in [0.1, 0.15) is 5.67 Å². The number of halogens is 1. The van der Waals surface area contributed by atoms with Gasteiger partial charge in [-0.1, -0.05) is 40.5 Å². The molecule has 0 fully saturated rings. The molecule has 0 bridgehead atoms. The molecule has 1 atom stereocenters. The van der Waals surface area contributed by atoms with Gasteiger partial charge in [-0.3, -0.25) is 0 Å². The van der Waals surface area contributed by atoms with E-state index in [0.717, 1.165) is 19.3 Å². The highest BCUT2D eigenvalue weighted by molar-refractivity contribution is 4.74. The van der Waals surface area contributed by atoms with E-state index >= 15 is 0 Å². The first-order valence-corrected chi connectivity index (χ1v) is 5.52. The van der Waals surface area contributed by atoms with Crippen LogP contribution in [0.4, 0.5) is 4.39 Å². The SMILES string of the molecule is CC(C)CCCC(C)(F)CC(C)C. The van der Waals surface area contributed by atoms with E-state index in [1.54, 1.807) is 6.92 Å². The summed E-state index contributed by atoms with van der Waals surface area (Å²) in [6, 6.07) is 0. The van der Waals surface area contributed by atoms with Gasteiger partial charge >= 0.3 is 0 Å². The highest BCUT2D eigenvalue weighted by Crippen LogP contribution is 2.27. The van der Waals surface area contributed by atoms with E-state index in [4.69, 9.17) is 0 Å². The second-order valence-corrected chi connectivity index (χ2v) is 5.30. The molecule has 0 saturated carbocycles. The zero-order chi connectivity index (χ0) is 10.5. The van der Waals surface area contributed by atoms with Gasteiger partial charge in [-0.05, 0) is 31.6 Å². The predicted octanol–water partition coefficient (Wildman–Crippen LogP) is 4.59. The molecule has 0 aliphatic rings. The van der Waals surface area contributed by atoms with Crippen molar-refractivity contribution in [2.24, 2.45) is 11.8 Å². The first kappa shape index (κ1) is 12.9. The van der Waals surface area contributed by atoms with Gasteiger partial charge in [0.05, 0.1) is 0 Å². The Morgan fingerprint density at radius 1 is 1.08 bits per heavy atom. The van der Waals surface area contributed by atoms with E-state index in [1.807, 2.05) is 0 Å². The molecule has 0 saturated heterocycles. The zero-order valence-corrected chi connectivity index (χ0v) is 9.86. The van der Waals surface area contributed by atoms with Crippen molar-refractivity contribution in [1.29, 1.82) is 0 Å².